The van der Waals surface area contributed by atoms with Crippen LogP contribution in [0.3, 0.4) is 0 Å². The van der Waals surface area contributed by atoms with Gasteiger partial charge in [-0.1, -0.05) is 24.3 Å². The Morgan fingerprint density at radius 1 is 1.20 bits per heavy atom. The minimum absolute atomic E-state index is 0.0139. The van der Waals surface area contributed by atoms with E-state index in [-0.39, 0.29) is 17.1 Å². The Morgan fingerprint density at radius 3 is 2.53 bits per heavy atom. The number of rotatable bonds is 7. The molecule has 6 nitrogen and oxygen atoms in total. The number of fused-ring (bicyclic) bond motifs is 1. The molecule has 0 aliphatic carbocycles. The van der Waals surface area contributed by atoms with E-state index in [4.69, 9.17) is 4.74 Å². The van der Waals surface area contributed by atoms with Crippen molar-refractivity contribution in [3.8, 4) is 5.75 Å². The Bertz CT molecular complexity index is 1240. The molecule has 0 saturated heterocycles. The summed E-state index contributed by atoms with van der Waals surface area (Å²) in [7, 11) is -2.10. The number of hydrogen-bond donors (Lipinski definition) is 0. The molecule has 0 aliphatic heterocycles. The molecule has 0 aliphatic rings. The van der Waals surface area contributed by atoms with Crippen LogP contribution >= 0.6 is 11.3 Å². The Balaban J connectivity index is 1.92. The van der Waals surface area contributed by atoms with Gasteiger partial charge < -0.3 is 9.30 Å². The highest BCUT2D eigenvalue weighted by Gasteiger charge is 2.18. The number of thiazole rings is 1. The van der Waals surface area contributed by atoms with Gasteiger partial charge in [-0.15, -0.1) is 0 Å². The lowest BCUT2D eigenvalue weighted by molar-refractivity contribution is -0.117. The molecule has 0 bridgehead atoms. The van der Waals surface area contributed by atoms with Gasteiger partial charge in [-0.25, -0.2) is 12.8 Å². The minimum Gasteiger partial charge on any atom is -0.495 e. The third kappa shape index (κ3) is 4.62. The molecule has 0 fully saturated rings. The predicted octanol–water partition coefficient (Wildman–Crippen LogP) is 3.86. The number of ether oxygens (including phenoxy) is 1. The largest absolute Gasteiger partial charge is 0.495 e. The molecule has 160 valence electrons. The summed E-state index contributed by atoms with van der Waals surface area (Å²) in [6.45, 7) is 4.66. The van der Waals surface area contributed by atoms with Crippen LogP contribution in [0.2, 0.25) is 0 Å². The lowest BCUT2D eigenvalue weighted by Gasteiger charge is -2.08. The first-order valence-corrected chi connectivity index (χ1v) is 12.0. The van der Waals surface area contributed by atoms with Gasteiger partial charge in [0.05, 0.1) is 22.5 Å². The summed E-state index contributed by atoms with van der Waals surface area (Å²) < 4.78 is 46.2. The number of amides is 1. The second-order valence-corrected chi connectivity index (χ2v) is 9.91. The van der Waals surface area contributed by atoms with Gasteiger partial charge in [0.25, 0.3) is 0 Å². The van der Waals surface area contributed by atoms with Gasteiger partial charge in [0.15, 0.2) is 14.6 Å². The van der Waals surface area contributed by atoms with Crippen LogP contribution in [0.15, 0.2) is 46.3 Å². The summed E-state index contributed by atoms with van der Waals surface area (Å²) in [6, 6.07) is 8.40. The normalized spacial score (nSPS) is 12.5. The smallest absolute Gasteiger partial charge is 0.249 e. The standard InChI is InChI=1S/C21H23FN2O4S2/c1-4-12-24-19-17(28-3)10-5-14(2)20(19)29-21(24)23-18(25)11-13-30(26,27)16-8-6-15(22)7-9-16/h5-10H,4,11-13H2,1-3H3. The zero-order valence-corrected chi connectivity index (χ0v) is 18.6. The molecule has 3 rings (SSSR count). The van der Waals surface area contributed by atoms with Gasteiger partial charge >= 0.3 is 0 Å². The van der Waals surface area contributed by atoms with Crippen LogP contribution in [-0.4, -0.2) is 31.8 Å². The molecule has 0 atom stereocenters. The Hall–Kier alpha value is -2.52. The number of sulfone groups is 1. The van der Waals surface area contributed by atoms with Crippen LogP contribution in [0.5, 0.6) is 5.75 Å². The van der Waals surface area contributed by atoms with E-state index in [1.807, 2.05) is 30.5 Å². The van der Waals surface area contributed by atoms with Crippen molar-refractivity contribution < 1.29 is 22.3 Å². The summed E-state index contributed by atoms with van der Waals surface area (Å²) in [5.41, 5.74) is 1.93. The highest BCUT2D eigenvalue weighted by atomic mass is 32.2. The number of aromatic nitrogens is 1. The maximum atomic E-state index is 13.0. The molecule has 0 radical (unpaired) electrons. The molecule has 3 aromatic rings. The zero-order chi connectivity index (χ0) is 21.9. The third-order valence-corrected chi connectivity index (χ3v) is 7.58. The molecule has 0 spiro atoms. The topological polar surface area (TPSA) is 77.7 Å². The fourth-order valence-corrected chi connectivity index (χ4v) is 5.49. The van der Waals surface area contributed by atoms with E-state index in [0.29, 0.717) is 17.1 Å². The van der Waals surface area contributed by atoms with Crippen molar-refractivity contribution in [1.82, 2.24) is 4.57 Å². The fourth-order valence-electron chi connectivity index (χ4n) is 3.10. The maximum Gasteiger partial charge on any atom is 0.249 e. The van der Waals surface area contributed by atoms with Gasteiger partial charge in [-0.3, -0.25) is 4.79 Å². The van der Waals surface area contributed by atoms with E-state index < -0.39 is 21.6 Å². The highest BCUT2D eigenvalue weighted by Crippen LogP contribution is 2.30. The predicted molar refractivity (Wildman–Crippen MR) is 115 cm³/mol. The highest BCUT2D eigenvalue weighted by molar-refractivity contribution is 7.91. The van der Waals surface area contributed by atoms with Crippen molar-refractivity contribution in [1.29, 1.82) is 0 Å². The number of halogens is 1. The van der Waals surface area contributed by atoms with Crippen molar-refractivity contribution in [3.63, 3.8) is 0 Å². The van der Waals surface area contributed by atoms with Crippen LogP contribution in [0, 0.1) is 12.7 Å². The molecular formula is C21H23FN2O4S2. The van der Waals surface area contributed by atoms with Crippen LogP contribution in [0.25, 0.3) is 10.2 Å². The quantitative estimate of drug-likeness (QED) is 0.512. The van der Waals surface area contributed by atoms with Crippen molar-refractivity contribution >= 4 is 37.3 Å². The van der Waals surface area contributed by atoms with Crippen LogP contribution in [0.4, 0.5) is 4.39 Å². The number of hydrogen-bond acceptors (Lipinski definition) is 5. The van der Waals surface area contributed by atoms with Crippen molar-refractivity contribution in [2.75, 3.05) is 12.9 Å². The molecular weight excluding hydrogens is 427 g/mol. The molecule has 30 heavy (non-hydrogen) atoms. The molecule has 0 unspecified atom stereocenters. The molecule has 1 heterocycles. The number of nitrogens with zero attached hydrogens (tertiary/aromatic N) is 2. The summed E-state index contributed by atoms with van der Waals surface area (Å²) >= 11 is 1.38. The first-order valence-electron chi connectivity index (χ1n) is 9.49. The maximum absolute atomic E-state index is 13.0. The van der Waals surface area contributed by atoms with Gasteiger partial charge in [0, 0.05) is 13.0 Å². The lowest BCUT2D eigenvalue weighted by atomic mass is 10.2. The molecule has 9 heteroatoms. The summed E-state index contributed by atoms with van der Waals surface area (Å²) in [5.74, 6) is -0.722. The molecule has 1 amide bonds. The van der Waals surface area contributed by atoms with Crippen LogP contribution in [-0.2, 0) is 21.2 Å². The van der Waals surface area contributed by atoms with Gasteiger partial charge in [0.2, 0.25) is 5.91 Å². The summed E-state index contributed by atoms with van der Waals surface area (Å²) in [6.07, 6.45) is 0.583. The van der Waals surface area contributed by atoms with Crippen molar-refractivity contribution in [2.45, 2.75) is 38.1 Å². The summed E-state index contributed by atoms with van der Waals surface area (Å²) in [5, 5.41) is 0. The molecule has 0 saturated carbocycles. The summed E-state index contributed by atoms with van der Waals surface area (Å²) in [4.78, 5) is 17.2. The lowest BCUT2D eigenvalue weighted by Crippen LogP contribution is -2.18. The average molecular weight is 451 g/mol. The minimum atomic E-state index is -3.70. The fraction of sp³-hybridized carbons (Fsp3) is 0.333. The van der Waals surface area contributed by atoms with Gasteiger partial charge in [0.1, 0.15) is 17.1 Å². The van der Waals surface area contributed by atoms with Crippen LogP contribution in [0.1, 0.15) is 25.3 Å². The van der Waals surface area contributed by atoms with Gasteiger partial charge in [-0.2, -0.15) is 4.99 Å². The monoisotopic (exact) mass is 450 g/mol. The third-order valence-electron chi connectivity index (χ3n) is 4.63. The second kappa shape index (κ2) is 9.09. The number of carbonyl (C=O) groups excluding carboxylic acids is 1. The first-order chi connectivity index (χ1) is 14.3. The van der Waals surface area contributed by atoms with Gasteiger partial charge in [-0.05, 0) is 49.2 Å². The zero-order valence-electron chi connectivity index (χ0n) is 17.0. The Labute approximate surface area is 178 Å². The van der Waals surface area contributed by atoms with E-state index in [9.17, 15) is 17.6 Å². The molecule has 0 N–H and O–H groups in total. The Morgan fingerprint density at radius 2 is 1.90 bits per heavy atom. The van der Waals surface area contributed by atoms with E-state index in [1.54, 1.807) is 7.11 Å². The molecule has 2 aromatic carbocycles. The molecule has 1 aromatic heterocycles. The first kappa shape index (κ1) is 22.2. The van der Waals surface area contributed by atoms with Crippen LogP contribution < -0.4 is 9.54 Å². The number of methoxy groups -OCH3 is 1. The van der Waals surface area contributed by atoms with E-state index in [0.717, 1.165) is 34.3 Å². The van der Waals surface area contributed by atoms with E-state index in [2.05, 4.69) is 4.99 Å². The number of carbonyl (C=O) groups is 1. The SMILES string of the molecule is CCCn1c(=NC(=O)CCS(=O)(=O)c2ccc(F)cc2)sc2c(C)ccc(OC)c21. The average Bonchev–Trinajstić information content (AvgIpc) is 3.07. The Kier molecular flexibility index (Phi) is 6.72. The number of benzene rings is 2. The number of aryl methyl sites for hydroxylation is 2. The van der Waals surface area contributed by atoms with Crippen molar-refractivity contribution in [3.05, 3.63) is 52.6 Å². The van der Waals surface area contributed by atoms with Crippen molar-refractivity contribution in [2.24, 2.45) is 4.99 Å². The van der Waals surface area contributed by atoms with E-state index >= 15 is 0 Å². The van der Waals surface area contributed by atoms with E-state index in [1.165, 1.54) is 23.5 Å². The second-order valence-electron chi connectivity index (χ2n) is 6.83.